The van der Waals surface area contributed by atoms with Crippen LogP contribution in [0.3, 0.4) is 0 Å². The predicted molar refractivity (Wildman–Crippen MR) is 61.4 cm³/mol. The van der Waals surface area contributed by atoms with Crippen LogP contribution in [-0.4, -0.2) is 15.8 Å². The van der Waals surface area contributed by atoms with Gasteiger partial charge in [0.25, 0.3) is 0 Å². The summed E-state index contributed by atoms with van der Waals surface area (Å²) in [7, 11) is 0. The van der Waals surface area contributed by atoms with Gasteiger partial charge < -0.3 is 4.57 Å². The Balaban J connectivity index is 2.95. The van der Waals surface area contributed by atoms with E-state index in [1.54, 1.807) is 12.5 Å². The van der Waals surface area contributed by atoms with Crippen LogP contribution in [0.2, 0.25) is 0 Å². The number of aromatic nitrogens is 2. The number of imidazole rings is 1. The molecule has 3 nitrogen and oxygen atoms in total. The molecule has 0 saturated carbocycles. The van der Waals surface area contributed by atoms with Crippen molar-refractivity contribution in [3.8, 4) is 0 Å². The number of carbonyl (C=O) groups excluding carboxylic acids is 1. The summed E-state index contributed by atoms with van der Waals surface area (Å²) >= 11 is 0. The number of carbonyl (C=O) groups is 1. The van der Waals surface area contributed by atoms with Crippen LogP contribution in [0.1, 0.15) is 32.9 Å². The summed E-state index contributed by atoms with van der Waals surface area (Å²) in [6, 6.07) is 0. The number of hydrogen-bond acceptors (Lipinski definition) is 2. The Kier molecular flexibility index (Phi) is 4.28. The van der Waals surface area contributed by atoms with Gasteiger partial charge in [-0.25, -0.2) is 4.98 Å². The van der Waals surface area contributed by atoms with Gasteiger partial charge in [-0.2, -0.15) is 0 Å². The fraction of sp³-hybridized carbons (Fsp3) is 0.500. The Morgan fingerprint density at radius 3 is 2.87 bits per heavy atom. The Morgan fingerprint density at radius 2 is 2.33 bits per heavy atom. The summed E-state index contributed by atoms with van der Waals surface area (Å²) in [6.07, 6.45) is 7.50. The van der Waals surface area contributed by atoms with E-state index in [4.69, 9.17) is 0 Å². The zero-order valence-electron chi connectivity index (χ0n) is 9.60. The third-order valence-corrected chi connectivity index (χ3v) is 2.33. The van der Waals surface area contributed by atoms with Gasteiger partial charge >= 0.3 is 0 Å². The van der Waals surface area contributed by atoms with Gasteiger partial charge in [0.15, 0.2) is 0 Å². The smallest absolute Gasteiger partial charge is 0.146 e. The van der Waals surface area contributed by atoms with Crippen LogP contribution in [0, 0.1) is 5.92 Å². The topological polar surface area (TPSA) is 34.9 Å². The molecule has 1 heterocycles. The average Bonchev–Trinajstić information content (AvgIpc) is 2.62. The molecule has 0 aromatic carbocycles. The SMILES string of the molecule is CCCn1cncc1C=C(C=O)C(C)C. The van der Waals surface area contributed by atoms with Gasteiger partial charge in [-0.15, -0.1) is 0 Å². The lowest BCUT2D eigenvalue weighted by Crippen LogP contribution is -2.00. The van der Waals surface area contributed by atoms with E-state index in [-0.39, 0.29) is 5.92 Å². The van der Waals surface area contributed by atoms with Crippen LogP contribution < -0.4 is 0 Å². The van der Waals surface area contributed by atoms with E-state index >= 15 is 0 Å². The van der Waals surface area contributed by atoms with Crippen molar-refractivity contribution in [1.82, 2.24) is 9.55 Å². The lowest BCUT2D eigenvalue weighted by molar-refractivity contribution is -0.105. The molecule has 0 bridgehead atoms. The van der Waals surface area contributed by atoms with Crippen molar-refractivity contribution in [2.24, 2.45) is 5.92 Å². The monoisotopic (exact) mass is 206 g/mol. The number of hydrogen-bond donors (Lipinski definition) is 0. The lowest BCUT2D eigenvalue weighted by atomic mass is 10.0. The Labute approximate surface area is 90.8 Å². The van der Waals surface area contributed by atoms with Crippen LogP contribution in [0.15, 0.2) is 18.1 Å². The normalized spacial score (nSPS) is 12.1. The van der Waals surface area contributed by atoms with Gasteiger partial charge in [0.05, 0.1) is 18.2 Å². The zero-order valence-corrected chi connectivity index (χ0v) is 9.60. The molecule has 0 amide bonds. The fourth-order valence-electron chi connectivity index (χ4n) is 1.39. The maximum absolute atomic E-state index is 10.8. The number of aldehydes is 1. The quantitative estimate of drug-likeness (QED) is 0.548. The first-order chi connectivity index (χ1) is 7.19. The van der Waals surface area contributed by atoms with Crippen molar-refractivity contribution in [2.75, 3.05) is 0 Å². The standard InChI is InChI=1S/C12H18N2O/c1-4-5-14-9-13-7-12(14)6-11(8-15)10(2)3/h6-10H,4-5H2,1-3H3. The van der Waals surface area contributed by atoms with Gasteiger partial charge in [0.2, 0.25) is 0 Å². The van der Waals surface area contributed by atoms with Gasteiger partial charge in [-0.1, -0.05) is 20.8 Å². The molecule has 0 spiro atoms. The molecule has 0 aliphatic carbocycles. The van der Waals surface area contributed by atoms with Crippen molar-refractivity contribution < 1.29 is 4.79 Å². The molecule has 0 radical (unpaired) electrons. The number of rotatable bonds is 5. The summed E-state index contributed by atoms with van der Waals surface area (Å²) in [4.78, 5) is 14.9. The lowest BCUT2D eigenvalue weighted by Gasteiger charge is -2.06. The van der Waals surface area contributed by atoms with Crippen molar-refractivity contribution in [3.63, 3.8) is 0 Å². The van der Waals surface area contributed by atoms with Crippen LogP contribution in [0.5, 0.6) is 0 Å². The molecule has 15 heavy (non-hydrogen) atoms. The zero-order chi connectivity index (χ0) is 11.3. The highest BCUT2D eigenvalue weighted by Crippen LogP contribution is 2.12. The van der Waals surface area contributed by atoms with Crippen molar-refractivity contribution in [3.05, 3.63) is 23.8 Å². The molecule has 82 valence electrons. The Bertz CT molecular complexity index is 350. The number of allylic oxidation sites excluding steroid dienone is 1. The molecule has 0 aliphatic rings. The van der Waals surface area contributed by atoms with Crippen LogP contribution in [0.4, 0.5) is 0 Å². The highest BCUT2D eigenvalue weighted by Gasteiger charge is 2.04. The minimum atomic E-state index is 0.257. The average molecular weight is 206 g/mol. The summed E-state index contributed by atoms with van der Waals surface area (Å²) in [5, 5.41) is 0. The van der Waals surface area contributed by atoms with Crippen molar-refractivity contribution in [2.45, 2.75) is 33.7 Å². The highest BCUT2D eigenvalue weighted by atomic mass is 16.1. The predicted octanol–water partition coefficient (Wildman–Crippen LogP) is 2.53. The minimum Gasteiger partial charge on any atom is -0.331 e. The molecular formula is C12H18N2O. The summed E-state index contributed by atoms with van der Waals surface area (Å²) < 4.78 is 2.06. The van der Waals surface area contributed by atoms with Gasteiger partial charge in [0.1, 0.15) is 6.29 Å². The largest absolute Gasteiger partial charge is 0.331 e. The van der Waals surface area contributed by atoms with Crippen LogP contribution >= 0.6 is 0 Å². The minimum absolute atomic E-state index is 0.257. The number of aryl methyl sites for hydroxylation is 1. The molecule has 3 heteroatoms. The third kappa shape index (κ3) is 3.05. The molecule has 0 aliphatic heterocycles. The molecule has 0 unspecified atom stereocenters. The van der Waals surface area contributed by atoms with Gasteiger partial charge in [0, 0.05) is 6.54 Å². The van der Waals surface area contributed by atoms with Crippen molar-refractivity contribution >= 4 is 12.4 Å². The van der Waals surface area contributed by atoms with Crippen molar-refractivity contribution in [1.29, 1.82) is 0 Å². The second-order valence-corrected chi connectivity index (χ2v) is 3.93. The highest BCUT2D eigenvalue weighted by molar-refractivity contribution is 5.81. The Hall–Kier alpha value is -1.38. The van der Waals surface area contributed by atoms with Crippen LogP contribution in [0.25, 0.3) is 6.08 Å². The number of nitrogens with zero attached hydrogens (tertiary/aromatic N) is 2. The second kappa shape index (κ2) is 5.49. The molecule has 1 rings (SSSR count). The maximum atomic E-state index is 10.8. The first-order valence-electron chi connectivity index (χ1n) is 5.36. The molecular weight excluding hydrogens is 188 g/mol. The van der Waals surface area contributed by atoms with E-state index in [1.807, 2.05) is 19.9 Å². The summed E-state index contributed by atoms with van der Waals surface area (Å²) in [5.74, 6) is 0.257. The van der Waals surface area contributed by atoms with E-state index in [9.17, 15) is 4.79 Å². The van der Waals surface area contributed by atoms with E-state index in [1.165, 1.54) is 0 Å². The van der Waals surface area contributed by atoms with E-state index in [0.717, 1.165) is 30.5 Å². The summed E-state index contributed by atoms with van der Waals surface area (Å²) in [5.41, 5.74) is 1.82. The third-order valence-electron chi connectivity index (χ3n) is 2.33. The fourth-order valence-corrected chi connectivity index (χ4v) is 1.39. The molecule has 0 atom stereocenters. The Morgan fingerprint density at radius 1 is 1.60 bits per heavy atom. The maximum Gasteiger partial charge on any atom is 0.146 e. The second-order valence-electron chi connectivity index (χ2n) is 3.93. The van der Waals surface area contributed by atoms with E-state index in [0.29, 0.717) is 0 Å². The van der Waals surface area contributed by atoms with Crippen LogP contribution in [-0.2, 0) is 11.3 Å². The molecule has 0 fully saturated rings. The first-order valence-corrected chi connectivity index (χ1v) is 5.36. The first kappa shape index (κ1) is 11.7. The van der Waals surface area contributed by atoms with E-state index < -0.39 is 0 Å². The molecule has 1 aromatic rings. The molecule has 0 saturated heterocycles. The van der Waals surface area contributed by atoms with E-state index in [2.05, 4.69) is 16.5 Å². The van der Waals surface area contributed by atoms with Gasteiger partial charge in [-0.3, -0.25) is 4.79 Å². The summed E-state index contributed by atoms with van der Waals surface area (Å²) in [6.45, 7) is 7.09. The molecule has 0 N–H and O–H groups in total. The van der Waals surface area contributed by atoms with Gasteiger partial charge in [-0.05, 0) is 24.0 Å². The molecule has 1 aromatic heterocycles.